The van der Waals surface area contributed by atoms with Gasteiger partial charge in [0, 0.05) is 13.1 Å². The Kier molecular flexibility index (Phi) is 3.51. The van der Waals surface area contributed by atoms with Gasteiger partial charge in [-0.2, -0.15) is 5.26 Å². The van der Waals surface area contributed by atoms with E-state index in [0.29, 0.717) is 17.0 Å². The Labute approximate surface area is 109 Å². The first-order valence-electron chi connectivity index (χ1n) is 6.46. The molecule has 0 aromatic carbocycles. The van der Waals surface area contributed by atoms with Gasteiger partial charge in [-0.1, -0.05) is 13.8 Å². The van der Waals surface area contributed by atoms with Crippen molar-refractivity contribution in [2.24, 2.45) is 5.41 Å². The molecule has 96 valence electrons. The molecule has 0 aliphatic heterocycles. The minimum Gasteiger partial charge on any atom is -0.355 e. The van der Waals surface area contributed by atoms with E-state index in [1.165, 1.54) is 32.0 Å². The van der Waals surface area contributed by atoms with Crippen LogP contribution in [-0.4, -0.2) is 23.1 Å². The Morgan fingerprint density at radius 2 is 2.06 bits per heavy atom. The fourth-order valence-corrected chi connectivity index (χ4v) is 2.63. The van der Waals surface area contributed by atoms with E-state index in [2.05, 4.69) is 34.8 Å². The molecule has 1 saturated carbocycles. The highest BCUT2D eigenvalue weighted by atomic mass is 15.2. The van der Waals surface area contributed by atoms with Crippen LogP contribution in [0.2, 0.25) is 0 Å². The third-order valence-electron chi connectivity index (χ3n) is 4.00. The van der Waals surface area contributed by atoms with E-state index < -0.39 is 0 Å². The predicted octanol–water partition coefficient (Wildman–Crippen LogP) is 2.75. The average Bonchev–Trinajstić information content (AvgIpc) is 2.38. The highest BCUT2D eigenvalue weighted by Crippen LogP contribution is 2.37. The zero-order valence-corrected chi connectivity index (χ0v) is 11.3. The van der Waals surface area contributed by atoms with Gasteiger partial charge in [0.25, 0.3) is 0 Å². The van der Waals surface area contributed by atoms with E-state index >= 15 is 0 Å². The summed E-state index contributed by atoms with van der Waals surface area (Å²) in [6.45, 7) is 4.66. The van der Waals surface area contributed by atoms with Crippen LogP contribution < -0.4 is 4.90 Å². The summed E-state index contributed by atoms with van der Waals surface area (Å²) in [7, 11) is 2.03. The summed E-state index contributed by atoms with van der Waals surface area (Å²) in [5.41, 5.74) is 1.02. The second-order valence-electron chi connectivity index (χ2n) is 5.88. The lowest BCUT2D eigenvalue weighted by atomic mass is 9.75. The van der Waals surface area contributed by atoms with Gasteiger partial charge in [-0.15, -0.1) is 0 Å². The van der Waals surface area contributed by atoms with Gasteiger partial charge in [-0.05, 0) is 31.1 Å². The number of rotatable bonds is 2. The Hall–Kier alpha value is -1.63. The number of nitrogens with zero attached hydrogens (tertiary/aromatic N) is 4. The van der Waals surface area contributed by atoms with E-state index in [0.717, 1.165) is 5.82 Å². The average molecular weight is 244 g/mol. The highest BCUT2D eigenvalue weighted by Gasteiger charge is 2.29. The van der Waals surface area contributed by atoms with Gasteiger partial charge < -0.3 is 4.90 Å². The number of anilines is 1. The summed E-state index contributed by atoms with van der Waals surface area (Å²) >= 11 is 0. The minimum atomic E-state index is 0.459. The van der Waals surface area contributed by atoms with E-state index in [1.807, 2.05) is 7.05 Å². The molecule has 1 aliphatic rings. The van der Waals surface area contributed by atoms with Gasteiger partial charge in [0.05, 0.1) is 6.20 Å². The zero-order chi connectivity index (χ0) is 13.2. The van der Waals surface area contributed by atoms with Crippen LogP contribution in [0.3, 0.4) is 0 Å². The molecule has 0 unspecified atom stereocenters. The molecular weight excluding hydrogens is 224 g/mol. The molecule has 0 bridgehead atoms. The first-order valence-corrected chi connectivity index (χ1v) is 6.46. The molecular formula is C14H20N4. The quantitative estimate of drug-likeness (QED) is 0.802. The molecule has 1 fully saturated rings. The fourth-order valence-electron chi connectivity index (χ4n) is 2.63. The Morgan fingerprint density at radius 1 is 1.39 bits per heavy atom. The van der Waals surface area contributed by atoms with Gasteiger partial charge in [-0.3, -0.25) is 0 Å². The molecule has 1 aromatic heterocycles. The van der Waals surface area contributed by atoms with E-state index in [4.69, 9.17) is 5.26 Å². The zero-order valence-electron chi connectivity index (χ0n) is 11.3. The monoisotopic (exact) mass is 244 g/mol. The molecule has 0 spiro atoms. The maximum absolute atomic E-state index is 9.09. The summed E-state index contributed by atoms with van der Waals surface area (Å²) in [5.74, 6) is 0.761. The van der Waals surface area contributed by atoms with E-state index in [9.17, 15) is 0 Å². The summed E-state index contributed by atoms with van der Waals surface area (Å²) < 4.78 is 0. The van der Waals surface area contributed by atoms with Crippen molar-refractivity contribution < 1.29 is 0 Å². The van der Waals surface area contributed by atoms with Crippen molar-refractivity contribution in [1.29, 1.82) is 5.26 Å². The first-order chi connectivity index (χ1) is 8.53. The van der Waals surface area contributed by atoms with E-state index in [1.54, 1.807) is 6.20 Å². The van der Waals surface area contributed by atoms with Gasteiger partial charge in [0.2, 0.25) is 0 Å². The summed E-state index contributed by atoms with van der Waals surface area (Å²) in [6, 6.07) is 2.65. The number of hydrogen-bond donors (Lipinski definition) is 0. The standard InChI is InChI=1S/C14H20N4/c1-14(2)6-4-12(5-7-14)18(3)13-11(8-15)9-16-10-17-13/h9-10,12H,4-7H2,1-3H3. The number of aromatic nitrogens is 2. The lowest BCUT2D eigenvalue weighted by molar-refractivity contribution is 0.222. The Morgan fingerprint density at radius 3 is 2.67 bits per heavy atom. The largest absolute Gasteiger partial charge is 0.355 e. The van der Waals surface area contributed by atoms with Crippen molar-refractivity contribution in [1.82, 2.24) is 9.97 Å². The second-order valence-corrected chi connectivity index (χ2v) is 5.88. The lowest BCUT2D eigenvalue weighted by Gasteiger charge is -2.39. The van der Waals surface area contributed by atoms with Crippen LogP contribution in [0.1, 0.15) is 45.1 Å². The SMILES string of the molecule is CN(c1ncncc1C#N)C1CCC(C)(C)CC1. The normalized spacial score (nSPS) is 19.2. The highest BCUT2D eigenvalue weighted by molar-refractivity contribution is 5.52. The fraction of sp³-hybridized carbons (Fsp3) is 0.643. The van der Waals surface area contributed by atoms with Crippen molar-refractivity contribution in [3.8, 4) is 6.07 Å². The Bertz CT molecular complexity index is 451. The molecule has 1 heterocycles. The second kappa shape index (κ2) is 4.93. The summed E-state index contributed by atoms with van der Waals surface area (Å²) in [4.78, 5) is 10.3. The van der Waals surface area contributed by atoms with Gasteiger partial charge in [-0.25, -0.2) is 9.97 Å². The van der Waals surface area contributed by atoms with Crippen molar-refractivity contribution in [2.45, 2.75) is 45.6 Å². The third kappa shape index (κ3) is 2.61. The predicted molar refractivity (Wildman–Crippen MR) is 71.2 cm³/mol. The molecule has 1 aliphatic carbocycles. The van der Waals surface area contributed by atoms with Crippen LogP contribution in [0, 0.1) is 16.7 Å². The van der Waals surface area contributed by atoms with Crippen molar-refractivity contribution >= 4 is 5.82 Å². The number of hydrogen-bond acceptors (Lipinski definition) is 4. The van der Waals surface area contributed by atoms with Crippen LogP contribution in [0.25, 0.3) is 0 Å². The molecule has 2 rings (SSSR count). The van der Waals surface area contributed by atoms with Crippen LogP contribution >= 0.6 is 0 Å². The van der Waals surface area contributed by atoms with Crippen LogP contribution in [0.5, 0.6) is 0 Å². The molecule has 4 heteroatoms. The molecule has 1 aromatic rings. The lowest BCUT2D eigenvalue weighted by Crippen LogP contribution is -2.38. The third-order valence-corrected chi connectivity index (χ3v) is 4.00. The summed E-state index contributed by atoms with van der Waals surface area (Å²) in [5, 5.41) is 9.09. The number of nitriles is 1. The molecule has 18 heavy (non-hydrogen) atoms. The van der Waals surface area contributed by atoms with Gasteiger partial charge in [0.1, 0.15) is 23.8 Å². The van der Waals surface area contributed by atoms with Crippen LogP contribution in [-0.2, 0) is 0 Å². The minimum absolute atomic E-state index is 0.459. The molecule has 0 saturated heterocycles. The molecule has 0 N–H and O–H groups in total. The maximum atomic E-state index is 9.09. The van der Waals surface area contributed by atoms with Crippen molar-refractivity contribution in [2.75, 3.05) is 11.9 Å². The topological polar surface area (TPSA) is 52.8 Å². The maximum Gasteiger partial charge on any atom is 0.149 e. The van der Waals surface area contributed by atoms with E-state index in [-0.39, 0.29) is 0 Å². The smallest absolute Gasteiger partial charge is 0.149 e. The van der Waals surface area contributed by atoms with Crippen LogP contribution in [0.4, 0.5) is 5.82 Å². The van der Waals surface area contributed by atoms with Crippen LogP contribution in [0.15, 0.2) is 12.5 Å². The molecule has 4 nitrogen and oxygen atoms in total. The van der Waals surface area contributed by atoms with Crippen molar-refractivity contribution in [3.05, 3.63) is 18.1 Å². The molecule has 0 radical (unpaired) electrons. The molecule has 0 amide bonds. The van der Waals surface area contributed by atoms with Crippen molar-refractivity contribution in [3.63, 3.8) is 0 Å². The van der Waals surface area contributed by atoms with Gasteiger partial charge in [0.15, 0.2) is 0 Å². The Balaban J connectivity index is 2.13. The first kappa shape index (κ1) is 12.8. The molecule has 0 atom stereocenters. The summed E-state index contributed by atoms with van der Waals surface area (Å²) in [6.07, 6.45) is 7.89. The van der Waals surface area contributed by atoms with Gasteiger partial charge >= 0.3 is 0 Å².